The normalized spacial score (nSPS) is 20.9. The highest BCUT2D eigenvalue weighted by Crippen LogP contribution is 2.25. The number of ether oxygens (including phenoxy) is 2. The minimum absolute atomic E-state index is 0.153. The fraction of sp³-hybridized carbons (Fsp3) is 0.417. The van der Waals surface area contributed by atoms with Gasteiger partial charge in [0.25, 0.3) is 0 Å². The Morgan fingerprint density at radius 3 is 2.94 bits per heavy atom. The van der Waals surface area contributed by atoms with Crippen LogP contribution in [0, 0.1) is 0 Å². The lowest BCUT2D eigenvalue weighted by molar-refractivity contribution is -0.142. The Bertz CT molecular complexity index is 353. The van der Waals surface area contributed by atoms with Crippen LogP contribution in [0.2, 0.25) is 0 Å². The van der Waals surface area contributed by atoms with Crippen LogP contribution in [0.15, 0.2) is 30.3 Å². The standard InChI is InChI=1S/C12H15NO3/c1-15-12(14)7-13-9-16-8-11(13)10-5-3-2-4-6-10/h2-6,11H,7-9H2,1H3. The summed E-state index contributed by atoms with van der Waals surface area (Å²) < 4.78 is 10.0. The topological polar surface area (TPSA) is 38.8 Å². The molecule has 1 atom stereocenters. The molecule has 0 bridgehead atoms. The van der Waals surface area contributed by atoms with E-state index < -0.39 is 0 Å². The van der Waals surface area contributed by atoms with Crippen molar-refractivity contribution >= 4 is 5.97 Å². The number of esters is 1. The molecule has 0 saturated carbocycles. The molecule has 2 rings (SSSR count). The Hall–Kier alpha value is -1.39. The molecule has 1 fully saturated rings. The van der Waals surface area contributed by atoms with Crippen LogP contribution in [-0.4, -0.2) is 37.9 Å². The first-order valence-corrected chi connectivity index (χ1v) is 5.25. The SMILES string of the molecule is COC(=O)CN1COCC1c1ccccc1. The van der Waals surface area contributed by atoms with Crippen LogP contribution in [0.25, 0.3) is 0 Å². The van der Waals surface area contributed by atoms with E-state index in [1.807, 2.05) is 35.2 Å². The number of carbonyl (C=O) groups excluding carboxylic acids is 1. The van der Waals surface area contributed by atoms with E-state index in [1.165, 1.54) is 12.7 Å². The van der Waals surface area contributed by atoms with E-state index in [2.05, 4.69) is 4.74 Å². The Balaban J connectivity index is 2.06. The van der Waals surface area contributed by atoms with Gasteiger partial charge in [-0.1, -0.05) is 30.3 Å². The maximum absolute atomic E-state index is 11.2. The highest BCUT2D eigenvalue weighted by atomic mass is 16.5. The molecule has 16 heavy (non-hydrogen) atoms. The largest absolute Gasteiger partial charge is 0.468 e. The number of rotatable bonds is 3. The number of carbonyl (C=O) groups is 1. The van der Waals surface area contributed by atoms with E-state index in [0.717, 1.165) is 0 Å². The summed E-state index contributed by atoms with van der Waals surface area (Å²) in [5.74, 6) is -0.230. The quantitative estimate of drug-likeness (QED) is 0.719. The van der Waals surface area contributed by atoms with Crippen molar-refractivity contribution in [1.82, 2.24) is 4.90 Å². The van der Waals surface area contributed by atoms with Gasteiger partial charge in [-0.3, -0.25) is 9.69 Å². The van der Waals surface area contributed by atoms with Gasteiger partial charge in [0.15, 0.2) is 0 Å². The fourth-order valence-corrected chi connectivity index (χ4v) is 1.85. The van der Waals surface area contributed by atoms with Crippen LogP contribution in [0.4, 0.5) is 0 Å². The van der Waals surface area contributed by atoms with Gasteiger partial charge in [0.1, 0.15) is 6.73 Å². The van der Waals surface area contributed by atoms with Crippen molar-refractivity contribution < 1.29 is 14.3 Å². The number of hydrogen-bond donors (Lipinski definition) is 0. The van der Waals surface area contributed by atoms with Gasteiger partial charge in [0, 0.05) is 0 Å². The van der Waals surface area contributed by atoms with Crippen LogP contribution in [0.1, 0.15) is 11.6 Å². The molecule has 86 valence electrons. The van der Waals surface area contributed by atoms with Gasteiger partial charge in [-0.15, -0.1) is 0 Å². The molecule has 0 aromatic heterocycles. The average molecular weight is 221 g/mol. The van der Waals surface area contributed by atoms with E-state index in [9.17, 15) is 4.79 Å². The number of benzene rings is 1. The molecule has 1 unspecified atom stereocenters. The zero-order valence-electron chi connectivity index (χ0n) is 9.26. The van der Waals surface area contributed by atoms with Gasteiger partial charge < -0.3 is 9.47 Å². The summed E-state index contributed by atoms with van der Waals surface area (Å²) in [6.07, 6.45) is 0. The molecule has 0 amide bonds. The Morgan fingerprint density at radius 2 is 2.25 bits per heavy atom. The molecule has 1 aliphatic rings. The average Bonchev–Trinajstić information content (AvgIpc) is 2.78. The summed E-state index contributed by atoms with van der Waals surface area (Å²) in [6.45, 7) is 1.38. The highest BCUT2D eigenvalue weighted by molar-refractivity contribution is 5.71. The Labute approximate surface area is 94.8 Å². The monoisotopic (exact) mass is 221 g/mol. The first kappa shape index (κ1) is 11.1. The van der Waals surface area contributed by atoms with E-state index in [0.29, 0.717) is 13.3 Å². The molecule has 4 nitrogen and oxygen atoms in total. The molecular formula is C12H15NO3. The van der Waals surface area contributed by atoms with Crippen molar-refractivity contribution in [3.8, 4) is 0 Å². The predicted molar refractivity (Wildman–Crippen MR) is 58.7 cm³/mol. The third-order valence-corrected chi connectivity index (χ3v) is 2.72. The van der Waals surface area contributed by atoms with Crippen LogP contribution in [0.3, 0.4) is 0 Å². The fourth-order valence-electron chi connectivity index (χ4n) is 1.85. The van der Waals surface area contributed by atoms with E-state index in [1.54, 1.807) is 0 Å². The zero-order chi connectivity index (χ0) is 11.4. The second kappa shape index (κ2) is 5.09. The van der Waals surface area contributed by atoms with Crippen molar-refractivity contribution in [1.29, 1.82) is 0 Å². The minimum Gasteiger partial charge on any atom is -0.468 e. The van der Waals surface area contributed by atoms with Crippen LogP contribution >= 0.6 is 0 Å². The van der Waals surface area contributed by atoms with Crippen LogP contribution in [-0.2, 0) is 14.3 Å². The highest BCUT2D eigenvalue weighted by Gasteiger charge is 2.28. The van der Waals surface area contributed by atoms with E-state index in [4.69, 9.17) is 4.74 Å². The molecule has 1 aromatic carbocycles. The molecule has 1 aromatic rings. The Morgan fingerprint density at radius 1 is 1.50 bits per heavy atom. The summed E-state index contributed by atoms with van der Waals surface area (Å²) in [6, 6.07) is 10.2. The van der Waals surface area contributed by atoms with Crippen molar-refractivity contribution in [2.75, 3.05) is 27.0 Å². The summed E-state index contributed by atoms with van der Waals surface area (Å²) in [5, 5.41) is 0. The molecule has 1 aliphatic heterocycles. The van der Waals surface area contributed by atoms with Crippen molar-refractivity contribution in [2.24, 2.45) is 0 Å². The van der Waals surface area contributed by atoms with E-state index >= 15 is 0 Å². The number of methoxy groups -OCH3 is 1. The summed E-state index contributed by atoms with van der Waals surface area (Å²) in [5.41, 5.74) is 1.17. The lowest BCUT2D eigenvalue weighted by atomic mass is 10.1. The molecule has 0 radical (unpaired) electrons. The van der Waals surface area contributed by atoms with Gasteiger partial charge >= 0.3 is 5.97 Å². The van der Waals surface area contributed by atoms with Gasteiger partial charge in [0.05, 0.1) is 26.3 Å². The molecule has 0 spiro atoms. The summed E-state index contributed by atoms with van der Waals surface area (Å²) in [4.78, 5) is 13.2. The third kappa shape index (κ3) is 2.40. The van der Waals surface area contributed by atoms with Crippen LogP contribution < -0.4 is 0 Å². The molecule has 1 heterocycles. The molecule has 0 N–H and O–H groups in total. The first-order chi connectivity index (χ1) is 7.81. The maximum atomic E-state index is 11.2. The first-order valence-electron chi connectivity index (χ1n) is 5.25. The second-order valence-electron chi connectivity index (χ2n) is 3.75. The molecule has 1 saturated heterocycles. The molecule has 4 heteroatoms. The van der Waals surface area contributed by atoms with Crippen molar-refractivity contribution in [3.63, 3.8) is 0 Å². The summed E-state index contributed by atoms with van der Waals surface area (Å²) in [7, 11) is 1.40. The van der Waals surface area contributed by atoms with E-state index in [-0.39, 0.29) is 18.6 Å². The van der Waals surface area contributed by atoms with Crippen LogP contribution in [0.5, 0.6) is 0 Å². The zero-order valence-corrected chi connectivity index (χ0v) is 9.26. The molecule has 0 aliphatic carbocycles. The minimum atomic E-state index is -0.230. The maximum Gasteiger partial charge on any atom is 0.319 e. The lowest BCUT2D eigenvalue weighted by Crippen LogP contribution is -2.30. The predicted octanol–water partition coefficient (Wildman–Crippen LogP) is 1.19. The van der Waals surface area contributed by atoms with Crippen molar-refractivity contribution in [2.45, 2.75) is 6.04 Å². The second-order valence-corrected chi connectivity index (χ2v) is 3.75. The molecular weight excluding hydrogens is 206 g/mol. The van der Waals surface area contributed by atoms with Crippen molar-refractivity contribution in [3.05, 3.63) is 35.9 Å². The number of hydrogen-bond acceptors (Lipinski definition) is 4. The van der Waals surface area contributed by atoms with Gasteiger partial charge in [-0.2, -0.15) is 0 Å². The number of nitrogens with zero attached hydrogens (tertiary/aromatic N) is 1. The third-order valence-electron chi connectivity index (χ3n) is 2.72. The lowest BCUT2D eigenvalue weighted by Gasteiger charge is -2.20. The van der Waals surface area contributed by atoms with Gasteiger partial charge in [0.2, 0.25) is 0 Å². The van der Waals surface area contributed by atoms with Gasteiger partial charge in [-0.05, 0) is 5.56 Å². The van der Waals surface area contributed by atoms with Gasteiger partial charge in [-0.25, -0.2) is 0 Å². The summed E-state index contributed by atoms with van der Waals surface area (Å²) >= 11 is 0. The Kier molecular flexibility index (Phi) is 3.54. The smallest absolute Gasteiger partial charge is 0.319 e.